The summed E-state index contributed by atoms with van der Waals surface area (Å²) in [6.45, 7) is 1.91. The Bertz CT molecular complexity index is 1700. The molecule has 0 spiro atoms. The van der Waals surface area contributed by atoms with Crippen molar-refractivity contribution >= 4 is 68.7 Å². The smallest absolute Gasteiger partial charge is 0.247 e. The third-order valence-corrected chi connectivity index (χ3v) is 15.9. The summed E-state index contributed by atoms with van der Waals surface area (Å²) < 4.78 is 12.2. The van der Waals surface area contributed by atoms with Crippen LogP contribution in [0.15, 0.2) is 58.5 Å². The number of rotatable bonds is 8. The van der Waals surface area contributed by atoms with Crippen molar-refractivity contribution < 1.29 is 29.3 Å². The fourth-order valence-corrected chi connectivity index (χ4v) is 13.0. The van der Waals surface area contributed by atoms with Gasteiger partial charge >= 0.3 is 0 Å². The van der Waals surface area contributed by atoms with Gasteiger partial charge in [-0.1, -0.05) is 45.9 Å². The number of nitrogens with zero attached hydrogens (tertiary/aromatic N) is 6. The normalized spacial score (nSPS) is 33.3. The summed E-state index contributed by atoms with van der Waals surface area (Å²) in [6, 6.07) is 13.2. The first-order valence-electron chi connectivity index (χ1n) is 16.8. The van der Waals surface area contributed by atoms with Crippen LogP contribution in [0.2, 0.25) is 0 Å². The van der Waals surface area contributed by atoms with Crippen LogP contribution in [0.3, 0.4) is 0 Å². The van der Waals surface area contributed by atoms with E-state index < -0.39 is 12.1 Å². The second kappa shape index (κ2) is 14.3. The number of phenols is 2. The van der Waals surface area contributed by atoms with E-state index in [1.54, 1.807) is 81.5 Å². The van der Waals surface area contributed by atoms with Gasteiger partial charge in [-0.3, -0.25) is 19.4 Å². The van der Waals surface area contributed by atoms with Crippen molar-refractivity contribution in [2.24, 2.45) is 9.98 Å². The molecular formula is C34H40N6O6S4. The van der Waals surface area contributed by atoms with Crippen molar-refractivity contribution in [3.63, 3.8) is 0 Å². The third kappa shape index (κ3) is 6.33. The van der Waals surface area contributed by atoms with E-state index in [2.05, 4.69) is 28.9 Å². The molecule has 16 heteroatoms. The van der Waals surface area contributed by atoms with Gasteiger partial charge in [0, 0.05) is 48.2 Å². The minimum absolute atomic E-state index is 0.0393. The Morgan fingerprint density at radius 3 is 1.90 bits per heavy atom. The summed E-state index contributed by atoms with van der Waals surface area (Å²) in [6.07, 6.45) is -0.170. The number of hydrogen-bond donors (Lipinski definition) is 2. The molecule has 2 unspecified atom stereocenters. The first-order valence-corrected chi connectivity index (χ1v) is 21.4. The lowest BCUT2D eigenvalue weighted by Crippen LogP contribution is -2.69. The van der Waals surface area contributed by atoms with Gasteiger partial charge < -0.3 is 29.5 Å². The van der Waals surface area contributed by atoms with Gasteiger partial charge in [0.15, 0.2) is 0 Å². The Morgan fingerprint density at radius 1 is 0.760 bits per heavy atom. The molecule has 2 bridgehead atoms. The number of ether oxygens (including phenoxy) is 2. The van der Waals surface area contributed by atoms with Crippen molar-refractivity contribution in [3.8, 4) is 11.5 Å². The molecular weight excluding hydrogens is 717 g/mol. The molecule has 5 fully saturated rings. The van der Waals surface area contributed by atoms with Crippen LogP contribution in [0, 0.1) is 0 Å². The van der Waals surface area contributed by atoms with E-state index >= 15 is 0 Å². The van der Waals surface area contributed by atoms with Crippen molar-refractivity contribution in [2.75, 3.05) is 63.3 Å². The quantitative estimate of drug-likeness (QED) is 0.385. The first-order chi connectivity index (χ1) is 24.3. The number of aromatic hydroxyl groups is 2. The highest BCUT2D eigenvalue weighted by molar-refractivity contribution is 8.76. The molecule has 8 atom stereocenters. The van der Waals surface area contributed by atoms with Crippen molar-refractivity contribution in [3.05, 3.63) is 59.7 Å². The van der Waals surface area contributed by atoms with Crippen molar-refractivity contribution in [2.45, 2.75) is 47.1 Å². The number of benzene rings is 2. The van der Waals surface area contributed by atoms with E-state index in [1.165, 1.54) is 0 Å². The third-order valence-electron chi connectivity index (χ3n) is 10.4. The second-order valence-corrected chi connectivity index (χ2v) is 18.2. The standard InChI is InChI=1S/C34H40N6O6S4/c1-37-19(15-47-33(37)23-14-45-30(36-23)22-8-4-6-10-27(22)42)12-39-24-17-49-50-18-25(31(39)43)40(32(24)44)13-20-16-48-34(38(20)2)28-11-35-29(46-28)21-7-3-5-9-26(21)41/h3-10,19-20,23-25,28,33-34,41-42H,11-18H2,1-2H3/t19-,20-,23-,24?,25?,28+,33-,34-/m0/s1. The Hall–Kier alpha value is -2.76. The number of amides is 2. The lowest BCUT2D eigenvalue weighted by atomic mass is 10.0. The monoisotopic (exact) mass is 756 g/mol. The minimum Gasteiger partial charge on any atom is -0.507 e. The minimum atomic E-state index is -0.503. The summed E-state index contributed by atoms with van der Waals surface area (Å²) in [5, 5.41) is 20.7. The number of hydrogen-bond acceptors (Lipinski definition) is 14. The highest BCUT2D eigenvalue weighted by Gasteiger charge is 2.51. The predicted molar refractivity (Wildman–Crippen MR) is 200 cm³/mol. The number of para-hydroxylation sites is 2. The fraction of sp³-hybridized carbons (Fsp3) is 0.529. The summed E-state index contributed by atoms with van der Waals surface area (Å²) in [5.41, 5.74) is 1.19. The largest absolute Gasteiger partial charge is 0.507 e. The van der Waals surface area contributed by atoms with E-state index in [4.69, 9.17) is 14.5 Å². The highest BCUT2D eigenvalue weighted by atomic mass is 33.1. The Morgan fingerprint density at radius 2 is 1.30 bits per heavy atom. The number of phenolic OH excluding ortho intramolecular Hbond substituents is 2. The molecule has 9 rings (SSSR count). The summed E-state index contributed by atoms with van der Waals surface area (Å²) in [4.78, 5) is 46.2. The highest BCUT2D eigenvalue weighted by Crippen LogP contribution is 2.40. The van der Waals surface area contributed by atoms with E-state index in [0.717, 1.165) is 11.5 Å². The van der Waals surface area contributed by atoms with Gasteiger partial charge in [-0.25, -0.2) is 9.98 Å². The average molecular weight is 757 g/mol. The molecule has 5 saturated heterocycles. The molecule has 2 amide bonds. The molecule has 0 saturated carbocycles. The predicted octanol–water partition coefficient (Wildman–Crippen LogP) is 2.64. The summed E-state index contributed by atoms with van der Waals surface area (Å²) in [7, 11) is 7.50. The maximum Gasteiger partial charge on any atom is 0.247 e. The zero-order chi connectivity index (χ0) is 34.5. The molecule has 12 nitrogen and oxygen atoms in total. The van der Waals surface area contributed by atoms with Crippen LogP contribution < -0.4 is 0 Å². The van der Waals surface area contributed by atoms with Gasteiger partial charge in [-0.15, -0.1) is 23.5 Å². The zero-order valence-corrected chi connectivity index (χ0v) is 31.0. The van der Waals surface area contributed by atoms with Gasteiger partial charge in [0.25, 0.3) is 0 Å². The number of fused-ring (bicyclic) bond motifs is 5. The van der Waals surface area contributed by atoms with Crippen LogP contribution in [-0.4, -0.2) is 164 Å². The van der Waals surface area contributed by atoms with Gasteiger partial charge in [-0.2, -0.15) is 0 Å². The molecule has 2 aromatic carbocycles. The van der Waals surface area contributed by atoms with Crippen LogP contribution in [-0.2, 0) is 19.1 Å². The number of carbonyl (C=O) groups excluding carboxylic acids is 2. The van der Waals surface area contributed by atoms with Crippen LogP contribution in [0.4, 0.5) is 0 Å². The van der Waals surface area contributed by atoms with E-state index in [9.17, 15) is 19.8 Å². The SMILES string of the molecule is CN1[C@@H](CN2C(=O)C3CSSCC2C(=O)N3C[C@H]2CS[C@@H]([C@H]3CN=C(c4ccccc4O)O3)N2C)CS[C@H]1[C@@H]1COC(c2ccccc2O)=N1. The number of piperazine rings is 1. The van der Waals surface area contributed by atoms with E-state index in [0.29, 0.717) is 60.7 Å². The molecule has 266 valence electrons. The number of carbonyl (C=O) groups is 2. The van der Waals surface area contributed by atoms with Crippen LogP contribution >= 0.6 is 45.1 Å². The Balaban J connectivity index is 0.908. The van der Waals surface area contributed by atoms with Gasteiger partial charge in [-0.05, 0) is 38.4 Å². The lowest BCUT2D eigenvalue weighted by Gasteiger charge is -2.48. The number of aliphatic imine (C=N–C) groups is 2. The summed E-state index contributed by atoms with van der Waals surface area (Å²) in [5.74, 6) is 4.06. The molecule has 7 aliphatic rings. The molecule has 7 heterocycles. The molecule has 0 aromatic heterocycles. The van der Waals surface area contributed by atoms with Gasteiger partial charge in [0.05, 0.1) is 28.4 Å². The molecule has 7 aliphatic heterocycles. The Labute approximate surface area is 307 Å². The molecule has 50 heavy (non-hydrogen) atoms. The average Bonchev–Trinajstić information content (AvgIpc) is 3.92. The molecule has 2 N–H and O–H groups in total. The second-order valence-electron chi connectivity index (χ2n) is 13.3. The van der Waals surface area contributed by atoms with Crippen LogP contribution in [0.25, 0.3) is 0 Å². The van der Waals surface area contributed by atoms with Crippen molar-refractivity contribution in [1.82, 2.24) is 19.6 Å². The molecule has 2 aromatic rings. The van der Waals surface area contributed by atoms with Crippen LogP contribution in [0.5, 0.6) is 11.5 Å². The molecule has 0 aliphatic carbocycles. The first kappa shape index (κ1) is 34.3. The number of likely N-dealkylation sites (N-methyl/N-ethyl adjacent to an activating group) is 2. The van der Waals surface area contributed by atoms with Gasteiger partial charge in [0.1, 0.15) is 42.3 Å². The van der Waals surface area contributed by atoms with E-state index in [1.807, 2.05) is 21.9 Å². The molecule has 0 radical (unpaired) electrons. The van der Waals surface area contributed by atoms with E-state index in [-0.39, 0.29) is 58.3 Å². The lowest BCUT2D eigenvalue weighted by molar-refractivity contribution is -0.161. The zero-order valence-electron chi connectivity index (χ0n) is 27.7. The number of thioether (sulfide) groups is 2. The van der Waals surface area contributed by atoms with Gasteiger partial charge in [0.2, 0.25) is 23.6 Å². The fourth-order valence-electron chi connectivity index (χ4n) is 7.49. The Kier molecular flexibility index (Phi) is 9.85. The topological polar surface area (TPSA) is 131 Å². The maximum atomic E-state index is 14.3. The van der Waals surface area contributed by atoms with Crippen LogP contribution in [0.1, 0.15) is 11.1 Å². The maximum absolute atomic E-state index is 14.3. The summed E-state index contributed by atoms with van der Waals surface area (Å²) >= 11 is 3.60. The van der Waals surface area contributed by atoms with Crippen molar-refractivity contribution in [1.29, 1.82) is 0 Å².